The standard InChI is InChI=1S/C27H48O2/c1-17(2)25(29)11-6-18(3)22-9-10-23-21-8-7-19-16-20(28)12-14-26(19,4)24(21)13-15-27(22,23)5/h17-25,28-29H,6-16H2,1-5H3/t18-,19-,20+,21+,22-,23+,24+,25+,26+,27-/m1/s1. The van der Waals surface area contributed by atoms with E-state index in [1.807, 2.05) is 0 Å². The molecule has 0 aromatic heterocycles. The zero-order chi connectivity index (χ0) is 21.0. The number of rotatable bonds is 5. The van der Waals surface area contributed by atoms with Crippen LogP contribution >= 0.6 is 0 Å². The molecule has 0 saturated heterocycles. The highest BCUT2D eigenvalue weighted by molar-refractivity contribution is 5.09. The van der Waals surface area contributed by atoms with Gasteiger partial charge in [0.1, 0.15) is 0 Å². The second-order valence-electron chi connectivity index (χ2n) is 12.7. The summed E-state index contributed by atoms with van der Waals surface area (Å²) in [7, 11) is 0. The second-order valence-corrected chi connectivity index (χ2v) is 12.7. The van der Waals surface area contributed by atoms with Crippen molar-refractivity contribution in [3.8, 4) is 0 Å². The van der Waals surface area contributed by atoms with E-state index < -0.39 is 0 Å². The molecule has 0 aromatic rings. The van der Waals surface area contributed by atoms with Gasteiger partial charge in [0.05, 0.1) is 12.2 Å². The SMILES string of the molecule is CC(C)[C@@H](O)CC[C@@H](C)[C@H]1CC[C@H]2[C@@H]3CC[C@@H]4C[C@@H](O)CC[C@]4(C)[C@H]3CC[C@]12C. The topological polar surface area (TPSA) is 40.5 Å². The molecule has 0 radical (unpaired) electrons. The van der Waals surface area contributed by atoms with E-state index in [4.69, 9.17) is 0 Å². The van der Waals surface area contributed by atoms with Gasteiger partial charge in [-0.25, -0.2) is 0 Å². The van der Waals surface area contributed by atoms with Crippen LogP contribution in [0.3, 0.4) is 0 Å². The minimum absolute atomic E-state index is 0.0311. The van der Waals surface area contributed by atoms with Crippen molar-refractivity contribution >= 4 is 0 Å². The third-order valence-electron chi connectivity index (χ3n) is 11.1. The monoisotopic (exact) mass is 404 g/mol. The van der Waals surface area contributed by atoms with Crippen LogP contribution in [0.25, 0.3) is 0 Å². The van der Waals surface area contributed by atoms with Gasteiger partial charge in [0.25, 0.3) is 0 Å². The van der Waals surface area contributed by atoms with E-state index in [1.54, 1.807) is 0 Å². The third-order valence-corrected chi connectivity index (χ3v) is 11.1. The van der Waals surface area contributed by atoms with Crippen LogP contribution in [0.1, 0.15) is 105 Å². The molecule has 2 nitrogen and oxygen atoms in total. The predicted octanol–water partition coefficient (Wildman–Crippen LogP) is 6.44. The molecule has 4 aliphatic carbocycles. The van der Waals surface area contributed by atoms with Crippen molar-refractivity contribution < 1.29 is 10.2 Å². The van der Waals surface area contributed by atoms with E-state index in [0.29, 0.717) is 16.7 Å². The first-order valence-electron chi connectivity index (χ1n) is 13.0. The lowest BCUT2D eigenvalue weighted by Crippen LogP contribution is -2.54. The van der Waals surface area contributed by atoms with Crippen LogP contribution in [0.4, 0.5) is 0 Å². The molecule has 4 rings (SSSR count). The Hall–Kier alpha value is -0.0800. The second kappa shape index (κ2) is 8.12. The number of hydrogen-bond donors (Lipinski definition) is 2. The number of aliphatic hydroxyl groups is 2. The van der Waals surface area contributed by atoms with Gasteiger partial charge in [-0.15, -0.1) is 0 Å². The molecule has 4 saturated carbocycles. The quantitative estimate of drug-likeness (QED) is 0.553. The van der Waals surface area contributed by atoms with E-state index in [1.165, 1.54) is 51.4 Å². The summed E-state index contributed by atoms with van der Waals surface area (Å²) in [6.45, 7) is 12.0. The fraction of sp³-hybridized carbons (Fsp3) is 1.00. The van der Waals surface area contributed by atoms with Gasteiger partial charge in [-0.2, -0.15) is 0 Å². The van der Waals surface area contributed by atoms with Crippen molar-refractivity contribution in [3.63, 3.8) is 0 Å². The Labute approximate surface area is 180 Å². The van der Waals surface area contributed by atoms with Gasteiger partial charge in [-0.1, -0.05) is 34.6 Å². The summed E-state index contributed by atoms with van der Waals surface area (Å²) in [6.07, 6.45) is 13.9. The zero-order valence-electron chi connectivity index (χ0n) is 19.9. The van der Waals surface area contributed by atoms with Crippen molar-refractivity contribution in [2.45, 2.75) is 117 Å². The molecule has 0 heterocycles. The molecule has 10 atom stereocenters. The highest BCUT2D eigenvalue weighted by Crippen LogP contribution is 2.68. The van der Waals surface area contributed by atoms with Crippen molar-refractivity contribution in [1.29, 1.82) is 0 Å². The summed E-state index contributed by atoms with van der Waals surface area (Å²) in [5, 5.41) is 20.6. The number of aliphatic hydroxyl groups excluding tert-OH is 2. The van der Waals surface area contributed by atoms with Gasteiger partial charge in [-0.3, -0.25) is 0 Å². The summed E-state index contributed by atoms with van der Waals surface area (Å²) >= 11 is 0. The summed E-state index contributed by atoms with van der Waals surface area (Å²) in [6, 6.07) is 0. The predicted molar refractivity (Wildman–Crippen MR) is 120 cm³/mol. The van der Waals surface area contributed by atoms with Crippen LogP contribution in [0.2, 0.25) is 0 Å². The molecule has 4 fully saturated rings. The maximum atomic E-state index is 10.3. The first-order valence-corrected chi connectivity index (χ1v) is 13.0. The van der Waals surface area contributed by atoms with E-state index in [-0.39, 0.29) is 12.2 Å². The third kappa shape index (κ3) is 3.73. The van der Waals surface area contributed by atoms with Crippen LogP contribution in [-0.2, 0) is 0 Å². The van der Waals surface area contributed by atoms with Crippen LogP contribution in [0, 0.1) is 52.3 Å². The normalized spacial score (nSPS) is 49.2. The zero-order valence-corrected chi connectivity index (χ0v) is 19.9. The Morgan fingerprint density at radius 1 is 0.828 bits per heavy atom. The van der Waals surface area contributed by atoms with Gasteiger partial charge in [0, 0.05) is 0 Å². The highest BCUT2D eigenvalue weighted by Gasteiger charge is 2.60. The van der Waals surface area contributed by atoms with Gasteiger partial charge < -0.3 is 10.2 Å². The average Bonchev–Trinajstić information content (AvgIpc) is 3.03. The van der Waals surface area contributed by atoms with Crippen molar-refractivity contribution in [2.75, 3.05) is 0 Å². The van der Waals surface area contributed by atoms with Crippen molar-refractivity contribution in [2.24, 2.45) is 52.3 Å². The Bertz CT molecular complexity index is 573. The molecule has 168 valence electrons. The summed E-state index contributed by atoms with van der Waals surface area (Å²) in [5.74, 6) is 5.51. The van der Waals surface area contributed by atoms with Gasteiger partial charge in [0.15, 0.2) is 0 Å². The first kappa shape index (κ1) is 22.1. The molecule has 0 aliphatic heterocycles. The minimum Gasteiger partial charge on any atom is -0.393 e. The molecule has 0 unspecified atom stereocenters. The summed E-state index contributed by atoms with van der Waals surface area (Å²) < 4.78 is 0. The van der Waals surface area contributed by atoms with Crippen LogP contribution in [0.15, 0.2) is 0 Å². The lowest BCUT2D eigenvalue weighted by Gasteiger charge is -2.61. The molecule has 29 heavy (non-hydrogen) atoms. The fourth-order valence-corrected chi connectivity index (χ4v) is 9.18. The minimum atomic E-state index is -0.130. The van der Waals surface area contributed by atoms with E-state index in [0.717, 1.165) is 54.8 Å². The van der Waals surface area contributed by atoms with Crippen molar-refractivity contribution in [1.82, 2.24) is 0 Å². The molecule has 0 aromatic carbocycles. The van der Waals surface area contributed by atoms with Gasteiger partial charge in [-0.05, 0) is 123 Å². The molecule has 0 amide bonds. The molecule has 4 aliphatic rings. The van der Waals surface area contributed by atoms with Crippen LogP contribution in [-0.4, -0.2) is 22.4 Å². The van der Waals surface area contributed by atoms with Gasteiger partial charge in [0.2, 0.25) is 0 Å². The molecule has 2 N–H and O–H groups in total. The summed E-state index contributed by atoms with van der Waals surface area (Å²) in [5.41, 5.74) is 1.02. The van der Waals surface area contributed by atoms with E-state index in [2.05, 4.69) is 34.6 Å². The smallest absolute Gasteiger partial charge is 0.0563 e. The largest absolute Gasteiger partial charge is 0.393 e. The molecule has 2 heteroatoms. The van der Waals surface area contributed by atoms with E-state index in [9.17, 15) is 10.2 Å². The molecular weight excluding hydrogens is 356 g/mol. The molecular formula is C27H48O2. The maximum Gasteiger partial charge on any atom is 0.0563 e. The average molecular weight is 405 g/mol. The Balaban J connectivity index is 1.46. The number of fused-ring (bicyclic) bond motifs is 5. The lowest BCUT2D eigenvalue weighted by molar-refractivity contribution is -0.129. The number of hydrogen-bond acceptors (Lipinski definition) is 2. The molecule has 0 bridgehead atoms. The van der Waals surface area contributed by atoms with Crippen molar-refractivity contribution in [3.05, 3.63) is 0 Å². The maximum absolute atomic E-state index is 10.3. The highest BCUT2D eigenvalue weighted by atomic mass is 16.3. The fourth-order valence-electron chi connectivity index (χ4n) is 9.18. The summed E-state index contributed by atoms with van der Waals surface area (Å²) in [4.78, 5) is 0. The van der Waals surface area contributed by atoms with Crippen LogP contribution < -0.4 is 0 Å². The van der Waals surface area contributed by atoms with Gasteiger partial charge >= 0.3 is 0 Å². The lowest BCUT2D eigenvalue weighted by atomic mass is 9.44. The molecule has 0 spiro atoms. The Morgan fingerprint density at radius 2 is 1.52 bits per heavy atom. The first-order chi connectivity index (χ1) is 13.7. The Kier molecular flexibility index (Phi) is 6.19. The Morgan fingerprint density at radius 3 is 2.24 bits per heavy atom. The van der Waals surface area contributed by atoms with Crippen LogP contribution in [0.5, 0.6) is 0 Å². The van der Waals surface area contributed by atoms with E-state index >= 15 is 0 Å².